The Kier molecular flexibility index (Phi) is 20.6. The van der Waals surface area contributed by atoms with Gasteiger partial charge in [-0.2, -0.15) is 0 Å². The standard InChI is InChI=1S/C50H72N4O11/c1-5-7-8-9-10-11-12-13-14-17-28-51-48(57)64-39-26-27-44-42(33-39)46-40(21-16-19-30-56)37(20-15-18-29-55)32-41-43(52-63-35-36-22-24-38(25-23-36)54(59)60)34-45(53(3)49(58)61-4)50(65-44,47(41)46)62-31-6-2/h6,22-27,32-33,37,40,45-47,55-56H,2,5,7-21,28-31,34-35H2,1,3-4H3,(H,51,57). The third-order valence-corrected chi connectivity index (χ3v) is 13.1. The topological polar surface area (TPSA) is 192 Å². The molecule has 6 unspecified atom stereocenters. The number of hydrogen-bond acceptors (Lipinski definition) is 12. The molecule has 0 radical (unpaired) electrons. The molecule has 2 aliphatic carbocycles. The van der Waals surface area contributed by atoms with Crippen LogP contribution >= 0.6 is 0 Å². The number of non-ortho nitro benzene ring substituents is 1. The third-order valence-electron chi connectivity index (χ3n) is 13.1. The highest BCUT2D eigenvalue weighted by molar-refractivity contribution is 6.03. The molecule has 0 bridgehead atoms. The number of oxime groups is 1. The number of nitrogens with one attached hydrogen (secondary N) is 1. The summed E-state index contributed by atoms with van der Waals surface area (Å²) in [5.74, 6) is -1.54. The van der Waals surface area contributed by atoms with Crippen LogP contribution in [0, 0.1) is 27.9 Å². The molecule has 358 valence electrons. The van der Waals surface area contributed by atoms with E-state index in [0.717, 1.165) is 56.1 Å². The SMILES string of the molecule is C=CCOC12Oc3ccc(OC(=O)NCCCCCCCCCCCC)cc3C3C(CCCCO)C(CCCCO)C=C(C(=NOCc4ccc([N+](=O)[O-])cc4)CC1N(C)C(=O)OC)C32. The van der Waals surface area contributed by atoms with Crippen molar-refractivity contribution in [3.05, 3.63) is 88.0 Å². The summed E-state index contributed by atoms with van der Waals surface area (Å²) in [4.78, 5) is 45.1. The number of fused-ring (bicyclic) bond motifs is 2. The predicted molar refractivity (Wildman–Crippen MR) is 249 cm³/mol. The molecule has 3 N–H and O–H groups in total. The monoisotopic (exact) mass is 905 g/mol. The molecule has 0 spiro atoms. The normalized spacial score (nSPS) is 22.4. The number of amides is 2. The zero-order chi connectivity index (χ0) is 46.6. The van der Waals surface area contributed by atoms with E-state index in [1.54, 1.807) is 37.4 Å². The summed E-state index contributed by atoms with van der Waals surface area (Å²) in [5, 5.41) is 38.7. The fraction of sp³-hybridized carbons (Fsp3) is 0.620. The number of unbranched alkanes of at least 4 members (excludes halogenated alkanes) is 11. The quantitative estimate of drug-likeness (QED) is 0.0319. The predicted octanol–water partition coefficient (Wildman–Crippen LogP) is 10.1. The van der Waals surface area contributed by atoms with Crippen molar-refractivity contribution in [1.29, 1.82) is 0 Å². The van der Waals surface area contributed by atoms with E-state index < -0.39 is 34.9 Å². The van der Waals surface area contributed by atoms with Crippen LogP contribution in [0.15, 0.2) is 71.9 Å². The smallest absolute Gasteiger partial charge is 0.412 e. The second-order valence-corrected chi connectivity index (χ2v) is 17.5. The lowest BCUT2D eigenvalue weighted by Crippen LogP contribution is -2.69. The van der Waals surface area contributed by atoms with Gasteiger partial charge in [0.15, 0.2) is 0 Å². The number of carbonyl (C=O) groups excluding carboxylic acids is 2. The van der Waals surface area contributed by atoms with Gasteiger partial charge in [-0.15, -0.1) is 6.58 Å². The number of methoxy groups -OCH3 is 1. The maximum absolute atomic E-state index is 13.5. The van der Waals surface area contributed by atoms with Gasteiger partial charge in [0.25, 0.3) is 5.69 Å². The molecule has 5 rings (SSSR count). The summed E-state index contributed by atoms with van der Waals surface area (Å²) in [7, 11) is 2.95. The van der Waals surface area contributed by atoms with E-state index in [1.165, 1.54) is 69.1 Å². The van der Waals surface area contributed by atoms with Gasteiger partial charge < -0.3 is 44.2 Å². The number of nitro groups is 1. The van der Waals surface area contributed by atoms with E-state index in [0.29, 0.717) is 42.2 Å². The Bertz CT molecular complexity index is 1910. The molecular formula is C50H72N4O11. The number of ether oxygens (including phenoxy) is 4. The van der Waals surface area contributed by atoms with E-state index in [9.17, 15) is 29.9 Å². The van der Waals surface area contributed by atoms with Crippen molar-refractivity contribution in [2.75, 3.05) is 40.5 Å². The first-order valence-corrected chi connectivity index (χ1v) is 23.8. The van der Waals surface area contributed by atoms with Crippen LogP contribution < -0.4 is 14.8 Å². The highest BCUT2D eigenvalue weighted by Gasteiger charge is 2.65. The Morgan fingerprint density at radius 2 is 1.65 bits per heavy atom. The van der Waals surface area contributed by atoms with Gasteiger partial charge in [0.05, 0.1) is 30.3 Å². The summed E-state index contributed by atoms with van der Waals surface area (Å²) in [6, 6.07) is 10.7. The van der Waals surface area contributed by atoms with Crippen molar-refractivity contribution < 1.29 is 48.5 Å². The second kappa shape index (κ2) is 26.2. The fourth-order valence-corrected chi connectivity index (χ4v) is 9.91. The summed E-state index contributed by atoms with van der Waals surface area (Å²) in [6.45, 7) is 6.92. The van der Waals surface area contributed by atoms with E-state index in [2.05, 4.69) is 24.9 Å². The molecule has 0 saturated heterocycles. The van der Waals surface area contributed by atoms with Crippen molar-refractivity contribution in [3.8, 4) is 11.5 Å². The molecule has 3 aliphatic rings. The van der Waals surface area contributed by atoms with Gasteiger partial charge in [-0.1, -0.05) is 94.9 Å². The Morgan fingerprint density at radius 3 is 2.29 bits per heavy atom. The molecule has 6 atom stereocenters. The summed E-state index contributed by atoms with van der Waals surface area (Å²) >= 11 is 0. The second-order valence-electron chi connectivity index (χ2n) is 17.5. The number of allylic oxidation sites excluding steroid dienone is 1. The molecule has 1 saturated carbocycles. The maximum Gasteiger partial charge on any atom is 0.412 e. The Hall–Kier alpha value is -4.99. The minimum atomic E-state index is -1.47. The van der Waals surface area contributed by atoms with Crippen molar-refractivity contribution in [2.45, 2.75) is 140 Å². The van der Waals surface area contributed by atoms with Gasteiger partial charge in [-0.3, -0.25) is 10.1 Å². The van der Waals surface area contributed by atoms with Gasteiger partial charge in [-0.05, 0) is 85.4 Å². The number of rotatable bonds is 28. The van der Waals surface area contributed by atoms with E-state index in [4.69, 9.17) is 28.9 Å². The molecule has 1 fully saturated rings. The van der Waals surface area contributed by atoms with Crippen LogP contribution in [0.5, 0.6) is 11.5 Å². The minimum Gasteiger partial charge on any atom is -0.459 e. The number of aliphatic hydroxyl groups excluding tert-OH is 2. The van der Waals surface area contributed by atoms with E-state index in [-0.39, 0.29) is 56.3 Å². The van der Waals surface area contributed by atoms with Crippen molar-refractivity contribution in [1.82, 2.24) is 10.2 Å². The first kappa shape index (κ1) is 51.0. The number of aliphatic hydroxyl groups is 2. The summed E-state index contributed by atoms with van der Waals surface area (Å²) in [6.07, 6.45) is 19.1. The average Bonchev–Trinajstić information content (AvgIpc) is 3.31. The lowest BCUT2D eigenvalue weighted by Gasteiger charge is -2.59. The molecule has 2 amide bonds. The lowest BCUT2D eigenvalue weighted by molar-refractivity contribution is -0.384. The molecule has 1 heterocycles. The Balaban J connectivity index is 1.51. The van der Waals surface area contributed by atoms with Gasteiger partial charge >= 0.3 is 12.2 Å². The number of nitro benzene ring substituents is 1. The van der Waals surface area contributed by atoms with E-state index in [1.807, 2.05) is 6.07 Å². The molecule has 2 aromatic carbocycles. The molecule has 0 aromatic heterocycles. The molecular weight excluding hydrogens is 833 g/mol. The van der Waals surface area contributed by atoms with Crippen molar-refractivity contribution in [2.24, 2.45) is 22.9 Å². The summed E-state index contributed by atoms with van der Waals surface area (Å²) in [5.41, 5.74) is 2.86. The molecule has 65 heavy (non-hydrogen) atoms. The van der Waals surface area contributed by atoms with Gasteiger partial charge in [-0.25, -0.2) is 9.59 Å². The van der Waals surface area contributed by atoms with Crippen LogP contribution in [0.4, 0.5) is 15.3 Å². The van der Waals surface area contributed by atoms with Crippen LogP contribution in [0.25, 0.3) is 0 Å². The molecule has 15 nitrogen and oxygen atoms in total. The van der Waals surface area contributed by atoms with Gasteiger partial charge in [0, 0.05) is 56.8 Å². The number of benzene rings is 2. The molecule has 2 aromatic rings. The summed E-state index contributed by atoms with van der Waals surface area (Å²) < 4.78 is 25.2. The first-order valence-electron chi connectivity index (χ1n) is 23.8. The fourth-order valence-electron chi connectivity index (χ4n) is 9.91. The largest absolute Gasteiger partial charge is 0.459 e. The number of nitrogens with zero attached hydrogens (tertiary/aromatic N) is 3. The van der Waals surface area contributed by atoms with Crippen LogP contribution in [0.2, 0.25) is 0 Å². The van der Waals surface area contributed by atoms with Crippen LogP contribution in [-0.4, -0.2) is 90.3 Å². The maximum atomic E-state index is 13.5. The first-order chi connectivity index (χ1) is 31.6. The van der Waals surface area contributed by atoms with Crippen LogP contribution in [0.1, 0.15) is 133 Å². The minimum absolute atomic E-state index is 0.0109. The Morgan fingerprint density at radius 1 is 0.969 bits per heavy atom. The molecule has 1 aliphatic heterocycles. The van der Waals surface area contributed by atoms with Gasteiger partial charge in [0.1, 0.15) is 24.1 Å². The third kappa shape index (κ3) is 13.5. The number of carbonyl (C=O) groups is 2. The zero-order valence-corrected chi connectivity index (χ0v) is 38.8. The van der Waals surface area contributed by atoms with E-state index >= 15 is 0 Å². The number of likely N-dealkylation sites (N-methyl/N-ethyl adjacent to an activating group) is 1. The van der Waals surface area contributed by atoms with Crippen molar-refractivity contribution >= 4 is 23.6 Å². The van der Waals surface area contributed by atoms with Gasteiger partial charge in [0.2, 0.25) is 5.79 Å². The lowest BCUT2D eigenvalue weighted by atomic mass is 9.55. The highest BCUT2D eigenvalue weighted by atomic mass is 16.7. The number of hydrogen-bond donors (Lipinski definition) is 3. The van der Waals surface area contributed by atoms with Crippen LogP contribution in [0.3, 0.4) is 0 Å². The molecule has 15 heteroatoms. The van der Waals surface area contributed by atoms with Crippen LogP contribution in [-0.2, 0) is 20.9 Å². The Labute approximate surface area is 384 Å². The zero-order valence-electron chi connectivity index (χ0n) is 38.8. The highest BCUT2D eigenvalue weighted by Crippen LogP contribution is 2.61. The van der Waals surface area contributed by atoms with Crippen molar-refractivity contribution in [3.63, 3.8) is 0 Å². The average molecular weight is 905 g/mol.